The van der Waals surface area contributed by atoms with Gasteiger partial charge in [0.05, 0.1) is 16.3 Å². The molecule has 2 N–H and O–H groups in total. The third-order valence-corrected chi connectivity index (χ3v) is 5.44. The number of hydrogen-bond acceptors (Lipinski definition) is 4. The summed E-state index contributed by atoms with van der Waals surface area (Å²) in [5.41, 5.74) is 3.34. The Bertz CT molecular complexity index is 1200. The van der Waals surface area contributed by atoms with Crippen LogP contribution in [0.3, 0.4) is 0 Å². The SMILES string of the molecule is NS(=O)(=O)c1ccc(-c2nc3ncccn3c2-c2ccc(Br)cc2)cc1. The molecule has 4 rings (SSSR count). The highest BCUT2D eigenvalue weighted by Crippen LogP contribution is 2.33. The van der Waals surface area contributed by atoms with Crippen LogP contribution >= 0.6 is 15.9 Å². The molecule has 0 radical (unpaired) electrons. The summed E-state index contributed by atoms with van der Waals surface area (Å²) >= 11 is 3.44. The van der Waals surface area contributed by atoms with Gasteiger partial charge in [0.1, 0.15) is 0 Å². The van der Waals surface area contributed by atoms with Crippen molar-refractivity contribution in [3.8, 4) is 22.5 Å². The lowest BCUT2D eigenvalue weighted by Crippen LogP contribution is -2.11. The summed E-state index contributed by atoms with van der Waals surface area (Å²) in [6.07, 6.45) is 3.58. The zero-order chi connectivity index (χ0) is 18.3. The van der Waals surface area contributed by atoms with E-state index in [-0.39, 0.29) is 4.90 Å². The summed E-state index contributed by atoms with van der Waals surface area (Å²) in [7, 11) is -3.74. The fourth-order valence-electron chi connectivity index (χ4n) is 2.77. The molecule has 0 saturated heterocycles. The molecule has 0 spiro atoms. The van der Waals surface area contributed by atoms with Crippen LogP contribution in [-0.4, -0.2) is 22.8 Å². The van der Waals surface area contributed by atoms with Crippen molar-refractivity contribution in [2.45, 2.75) is 4.90 Å². The minimum atomic E-state index is -3.74. The second kappa shape index (κ2) is 6.31. The fraction of sp³-hybridized carbons (Fsp3) is 0. The lowest BCUT2D eigenvalue weighted by molar-refractivity contribution is 0.598. The molecule has 2 heterocycles. The predicted octanol–water partition coefficient (Wildman–Crippen LogP) is 3.47. The van der Waals surface area contributed by atoms with E-state index in [0.717, 1.165) is 21.3 Å². The van der Waals surface area contributed by atoms with E-state index in [1.54, 1.807) is 18.3 Å². The van der Waals surface area contributed by atoms with Crippen LogP contribution in [0, 0.1) is 0 Å². The molecule has 0 unspecified atom stereocenters. The average molecular weight is 429 g/mol. The molecule has 0 aliphatic rings. The number of imidazole rings is 1. The van der Waals surface area contributed by atoms with E-state index in [9.17, 15) is 8.42 Å². The molecule has 0 aliphatic heterocycles. The van der Waals surface area contributed by atoms with Crippen LogP contribution in [-0.2, 0) is 10.0 Å². The average Bonchev–Trinajstić information content (AvgIpc) is 3.01. The van der Waals surface area contributed by atoms with Gasteiger partial charge in [-0.05, 0) is 30.3 Å². The Kier molecular flexibility index (Phi) is 4.10. The minimum Gasteiger partial charge on any atom is -0.283 e. The summed E-state index contributed by atoms with van der Waals surface area (Å²) in [4.78, 5) is 9.01. The first-order chi connectivity index (χ1) is 12.4. The summed E-state index contributed by atoms with van der Waals surface area (Å²) in [5, 5.41) is 5.18. The van der Waals surface area contributed by atoms with Gasteiger partial charge in [-0.15, -0.1) is 0 Å². The van der Waals surface area contributed by atoms with Gasteiger partial charge in [-0.1, -0.05) is 40.2 Å². The highest BCUT2D eigenvalue weighted by molar-refractivity contribution is 9.10. The van der Waals surface area contributed by atoms with Gasteiger partial charge >= 0.3 is 0 Å². The highest BCUT2D eigenvalue weighted by Gasteiger charge is 2.17. The first-order valence-electron chi connectivity index (χ1n) is 7.66. The van der Waals surface area contributed by atoms with E-state index in [0.29, 0.717) is 11.5 Å². The first kappa shape index (κ1) is 16.9. The quantitative estimate of drug-likeness (QED) is 0.540. The highest BCUT2D eigenvalue weighted by atomic mass is 79.9. The van der Waals surface area contributed by atoms with Crippen molar-refractivity contribution in [3.05, 3.63) is 71.5 Å². The van der Waals surface area contributed by atoms with Gasteiger partial charge in [0, 0.05) is 28.0 Å². The molecule has 0 atom stereocenters. The monoisotopic (exact) mass is 428 g/mol. The molecule has 4 aromatic rings. The van der Waals surface area contributed by atoms with Gasteiger partial charge in [-0.25, -0.2) is 23.5 Å². The number of aromatic nitrogens is 3. The number of halogens is 1. The zero-order valence-electron chi connectivity index (χ0n) is 13.4. The molecular weight excluding hydrogens is 416 g/mol. The molecule has 6 nitrogen and oxygen atoms in total. The number of benzene rings is 2. The molecule has 2 aromatic carbocycles. The van der Waals surface area contributed by atoms with Crippen molar-refractivity contribution in [2.75, 3.05) is 0 Å². The molecule has 0 saturated carbocycles. The van der Waals surface area contributed by atoms with Crippen molar-refractivity contribution in [1.29, 1.82) is 0 Å². The zero-order valence-corrected chi connectivity index (χ0v) is 15.8. The molecule has 0 fully saturated rings. The molecule has 0 aliphatic carbocycles. The van der Waals surface area contributed by atoms with E-state index >= 15 is 0 Å². The number of sulfonamides is 1. The van der Waals surface area contributed by atoms with E-state index in [1.807, 2.05) is 40.9 Å². The molecule has 26 heavy (non-hydrogen) atoms. The maximum atomic E-state index is 11.5. The summed E-state index contributed by atoms with van der Waals surface area (Å²) in [5.74, 6) is 0.566. The van der Waals surface area contributed by atoms with Crippen molar-refractivity contribution in [2.24, 2.45) is 5.14 Å². The standard InChI is InChI=1S/C18H13BrN4O2S/c19-14-6-2-13(3-7-14)17-16(22-18-21-10-1-11-23(17)18)12-4-8-15(9-5-12)26(20,24)25/h1-11H,(H2,20,24,25). The van der Waals surface area contributed by atoms with Crippen LogP contribution in [0.5, 0.6) is 0 Å². The van der Waals surface area contributed by atoms with Gasteiger partial charge < -0.3 is 0 Å². The maximum absolute atomic E-state index is 11.5. The third kappa shape index (κ3) is 3.03. The Morgan fingerprint density at radius 3 is 2.27 bits per heavy atom. The number of nitrogens with two attached hydrogens (primary N) is 1. The van der Waals surface area contributed by atoms with E-state index in [4.69, 9.17) is 5.14 Å². The maximum Gasteiger partial charge on any atom is 0.238 e. The summed E-state index contributed by atoms with van der Waals surface area (Å²) in [6.45, 7) is 0. The summed E-state index contributed by atoms with van der Waals surface area (Å²) < 4.78 is 25.9. The molecule has 0 bridgehead atoms. The summed E-state index contributed by atoms with van der Waals surface area (Å²) in [6, 6.07) is 16.1. The lowest BCUT2D eigenvalue weighted by Gasteiger charge is -2.06. The van der Waals surface area contributed by atoms with E-state index in [2.05, 4.69) is 25.9 Å². The van der Waals surface area contributed by atoms with Crippen LogP contribution in [0.25, 0.3) is 28.3 Å². The first-order valence-corrected chi connectivity index (χ1v) is 10.00. The normalized spacial score (nSPS) is 11.8. The van der Waals surface area contributed by atoms with Gasteiger partial charge in [0.25, 0.3) is 0 Å². The second-order valence-corrected chi connectivity index (χ2v) is 8.15. The van der Waals surface area contributed by atoms with Crippen LogP contribution in [0.4, 0.5) is 0 Å². The number of fused-ring (bicyclic) bond motifs is 1. The molecule has 130 valence electrons. The number of hydrogen-bond donors (Lipinski definition) is 1. The predicted molar refractivity (Wildman–Crippen MR) is 103 cm³/mol. The van der Waals surface area contributed by atoms with Crippen molar-refractivity contribution < 1.29 is 8.42 Å². The Hall–Kier alpha value is -2.55. The number of rotatable bonds is 3. The van der Waals surface area contributed by atoms with Crippen LogP contribution in [0.2, 0.25) is 0 Å². The number of primary sulfonamides is 1. The third-order valence-electron chi connectivity index (χ3n) is 3.98. The van der Waals surface area contributed by atoms with Crippen molar-refractivity contribution >= 4 is 31.7 Å². The Balaban J connectivity index is 1.95. The van der Waals surface area contributed by atoms with Gasteiger partial charge in [-0.3, -0.25) is 4.40 Å². The van der Waals surface area contributed by atoms with Crippen LogP contribution in [0.15, 0.2) is 76.4 Å². The smallest absolute Gasteiger partial charge is 0.238 e. The lowest BCUT2D eigenvalue weighted by atomic mass is 10.1. The minimum absolute atomic E-state index is 0.0633. The molecule has 8 heteroatoms. The molecule has 0 amide bonds. The van der Waals surface area contributed by atoms with Gasteiger partial charge in [-0.2, -0.15) is 0 Å². The Labute approximate surface area is 158 Å². The second-order valence-electron chi connectivity index (χ2n) is 5.67. The van der Waals surface area contributed by atoms with E-state index < -0.39 is 10.0 Å². The Morgan fingerprint density at radius 2 is 1.62 bits per heavy atom. The van der Waals surface area contributed by atoms with Crippen LogP contribution in [0.1, 0.15) is 0 Å². The Morgan fingerprint density at radius 1 is 0.962 bits per heavy atom. The topological polar surface area (TPSA) is 90.4 Å². The van der Waals surface area contributed by atoms with Crippen molar-refractivity contribution in [3.63, 3.8) is 0 Å². The van der Waals surface area contributed by atoms with Gasteiger partial charge in [0.15, 0.2) is 0 Å². The van der Waals surface area contributed by atoms with E-state index in [1.165, 1.54) is 12.1 Å². The molecular formula is C18H13BrN4O2S. The van der Waals surface area contributed by atoms with Crippen molar-refractivity contribution in [1.82, 2.24) is 14.4 Å². The van der Waals surface area contributed by atoms with Gasteiger partial charge in [0.2, 0.25) is 15.8 Å². The number of nitrogens with zero attached hydrogens (tertiary/aromatic N) is 3. The largest absolute Gasteiger partial charge is 0.283 e. The molecule has 2 aromatic heterocycles. The fourth-order valence-corrected chi connectivity index (χ4v) is 3.55. The van der Waals surface area contributed by atoms with Crippen LogP contribution < -0.4 is 5.14 Å².